The molecule has 3 heterocycles. The highest BCUT2D eigenvalue weighted by atomic mass is 35.5. The van der Waals surface area contributed by atoms with Crippen LogP contribution in [0, 0.1) is 0 Å². The van der Waals surface area contributed by atoms with Gasteiger partial charge in [0.2, 0.25) is 5.82 Å². The van der Waals surface area contributed by atoms with Crippen LogP contribution < -0.4 is 0 Å². The minimum Gasteiger partial charge on any atom is -0.467 e. The molecular weight excluding hydrogens is 416 g/mol. The van der Waals surface area contributed by atoms with Crippen molar-refractivity contribution in [2.45, 2.75) is 19.0 Å². The van der Waals surface area contributed by atoms with Gasteiger partial charge in [-0.05, 0) is 35.0 Å². The molecule has 0 saturated carbocycles. The van der Waals surface area contributed by atoms with E-state index in [2.05, 4.69) is 20.5 Å². The van der Waals surface area contributed by atoms with Crippen molar-refractivity contribution in [1.82, 2.24) is 25.2 Å². The van der Waals surface area contributed by atoms with Crippen LogP contribution in [-0.2, 0) is 11.3 Å². The molecule has 2 aromatic heterocycles. The van der Waals surface area contributed by atoms with Gasteiger partial charge in [0.15, 0.2) is 0 Å². The zero-order valence-electron chi connectivity index (χ0n) is 16.3. The number of hydrogen-bond acceptors (Lipinski definition) is 6. The molecule has 1 aliphatic heterocycles. The molecule has 0 radical (unpaired) electrons. The fourth-order valence-corrected chi connectivity index (χ4v) is 3.59. The number of halogens is 1. The van der Waals surface area contributed by atoms with Crippen LogP contribution in [0.15, 0.2) is 82.5 Å². The van der Waals surface area contributed by atoms with Gasteiger partial charge in [0.05, 0.1) is 12.0 Å². The average Bonchev–Trinajstić information content (AvgIpc) is 3.55. The summed E-state index contributed by atoms with van der Waals surface area (Å²) in [6, 6.07) is 20.2. The van der Waals surface area contributed by atoms with Gasteiger partial charge in [-0.15, -0.1) is 10.2 Å². The summed E-state index contributed by atoms with van der Waals surface area (Å²) < 4.78 is 5.57. The number of rotatable bonds is 5. The number of carbonyl (C=O) groups is 1. The average molecular weight is 433 g/mol. The zero-order chi connectivity index (χ0) is 21.2. The quantitative estimate of drug-likeness (QED) is 0.476. The van der Waals surface area contributed by atoms with Gasteiger partial charge in [-0.3, -0.25) is 4.79 Å². The lowest BCUT2D eigenvalue weighted by Gasteiger charge is -2.19. The molecule has 1 unspecified atom stereocenters. The van der Waals surface area contributed by atoms with E-state index in [0.717, 1.165) is 16.8 Å². The standard InChI is InChI=1S/C22H17ClN6O2/c23-17-10-8-15(9-11-17)18-13-19(20-7-4-12-31-20)29(25-18)21(30)14-28-26-22(24-27-28)16-5-2-1-3-6-16/h1-12,19H,13-14H2. The van der Waals surface area contributed by atoms with E-state index < -0.39 is 0 Å². The number of tetrazole rings is 1. The van der Waals surface area contributed by atoms with E-state index in [9.17, 15) is 4.79 Å². The molecule has 0 spiro atoms. The third kappa shape index (κ3) is 3.97. The molecule has 2 aromatic carbocycles. The Morgan fingerprint density at radius 3 is 2.58 bits per heavy atom. The zero-order valence-corrected chi connectivity index (χ0v) is 17.1. The lowest BCUT2D eigenvalue weighted by atomic mass is 10.0. The predicted octanol–water partition coefficient (Wildman–Crippen LogP) is 3.96. The Bertz CT molecular complexity index is 1220. The van der Waals surface area contributed by atoms with Gasteiger partial charge in [-0.1, -0.05) is 54.1 Å². The Balaban J connectivity index is 1.40. The first-order valence-corrected chi connectivity index (χ1v) is 10.1. The van der Waals surface area contributed by atoms with E-state index in [1.165, 1.54) is 9.81 Å². The second-order valence-corrected chi connectivity index (χ2v) is 7.47. The number of nitrogens with zero attached hydrogens (tertiary/aromatic N) is 6. The Hall–Kier alpha value is -3.78. The minimum atomic E-state index is -0.342. The normalized spacial score (nSPS) is 15.8. The van der Waals surface area contributed by atoms with Crippen LogP contribution in [0.1, 0.15) is 23.8 Å². The Morgan fingerprint density at radius 2 is 1.84 bits per heavy atom. The molecule has 0 aliphatic carbocycles. The van der Waals surface area contributed by atoms with Crippen molar-refractivity contribution in [3.05, 3.63) is 89.3 Å². The van der Waals surface area contributed by atoms with Crippen LogP contribution >= 0.6 is 11.6 Å². The van der Waals surface area contributed by atoms with Gasteiger partial charge in [0.1, 0.15) is 18.3 Å². The maximum Gasteiger partial charge on any atom is 0.267 e. The Kier molecular flexibility index (Phi) is 5.05. The van der Waals surface area contributed by atoms with Crippen LogP contribution in [0.5, 0.6) is 0 Å². The third-order valence-corrected chi connectivity index (χ3v) is 5.23. The summed E-state index contributed by atoms with van der Waals surface area (Å²) in [5.41, 5.74) is 2.52. The van der Waals surface area contributed by atoms with Crippen LogP contribution in [0.3, 0.4) is 0 Å². The van der Waals surface area contributed by atoms with Crippen LogP contribution in [0.25, 0.3) is 11.4 Å². The smallest absolute Gasteiger partial charge is 0.267 e. The second kappa shape index (κ2) is 8.16. The highest BCUT2D eigenvalue weighted by Crippen LogP contribution is 2.33. The summed E-state index contributed by atoms with van der Waals surface area (Å²) in [4.78, 5) is 14.4. The van der Waals surface area contributed by atoms with Crippen LogP contribution in [-0.4, -0.2) is 36.8 Å². The topological polar surface area (TPSA) is 89.4 Å². The summed E-state index contributed by atoms with van der Waals surface area (Å²) in [5.74, 6) is 0.864. The number of hydrazone groups is 1. The highest BCUT2D eigenvalue weighted by Gasteiger charge is 2.35. The first-order chi connectivity index (χ1) is 15.2. The van der Waals surface area contributed by atoms with E-state index in [-0.39, 0.29) is 18.5 Å². The fraction of sp³-hybridized carbons (Fsp3) is 0.136. The minimum absolute atomic E-state index is 0.0888. The fourth-order valence-electron chi connectivity index (χ4n) is 3.47. The van der Waals surface area contributed by atoms with E-state index in [1.807, 2.05) is 48.5 Å². The second-order valence-electron chi connectivity index (χ2n) is 7.04. The van der Waals surface area contributed by atoms with Gasteiger partial charge < -0.3 is 4.42 Å². The van der Waals surface area contributed by atoms with Crippen molar-refractivity contribution in [3.8, 4) is 11.4 Å². The van der Waals surface area contributed by atoms with Gasteiger partial charge >= 0.3 is 0 Å². The molecule has 31 heavy (non-hydrogen) atoms. The number of hydrogen-bond donors (Lipinski definition) is 0. The molecule has 0 N–H and O–H groups in total. The van der Waals surface area contributed by atoms with Gasteiger partial charge in [-0.25, -0.2) is 5.01 Å². The van der Waals surface area contributed by atoms with Crippen molar-refractivity contribution >= 4 is 23.2 Å². The van der Waals surface area contributed by atoms with E-state index in [0.29, 0.717) is 23.0 Å². The molecule has 1 aliphatic rings. The number of furan rings is 1. The molecule has 0 bridgehead atoms. The first kappa shape index (κ1) is 19.2. The Labute approximate surface area is 182 Å². The van der Waals surface area contributed by atoms with Gasteiger partial charge in [0.25, 0.3) is 5.91 Å². The molecule has 5 rings (SSSR count). The van der Waals surface area contributed by atoms with Gasteiger partial charge in [0, 0.05) is 17.0 Å². The van der Waals surface area contributed by atoms with Crippen molar-refractivity contribution in [1.29, 1.82) is 0 Å². The summed E-state index contributed by atoms with van der Waals surface area (Å²) >= 11 is 6.00. The third-order valence-electron chi connectivity index (χ3n) is 4.98. The van der Waals surface area contributed by atoms with Crippen molar-refractivity contribution in [2.75, 3.05) is 0 Å². The number of benzene rings is 2. The van der Waals surface area contributed by atoms with E-state index in [1.54, 1.807) is 24.5 Å². The summed E-state index contributed by atoms with van der Waals surface area (Å²) in [7, 11) is 0. The summed E-state index contributed by atoms with van der Waals surface area (Å²) in [6.07, 6.45) is 2.12. The van der Waals surface area contributed by atoms with Crippen LogP contribution in [0.4, 0.5) is 0 Å². The molecule has 0 saturated heterocycles. The molecule has 154 valence electrons. The summed E-state index contributed by atoms with van der Waals surface area (Å²) in [5, 5.41) is 19.1. The number of aromatic nitrogens is 4. The highest BCUT2D eigenvalue weighted by molar-refractivity contribution is 6.30. The first-order valence-electron chi connectivity index (χ1n) is 9.69. The van der Waals surface area contributed by atoms with Gasteiger partial charge in [-0.2, -0.15) is 9.90 Å². The summed E-state index contributed by atoms with van der Waals surface area (Å²) in [6.45, 7) is -0.0888. The molecule has 9 heteroatoms. The molecule has 0 fully saturated rings. The Morgan fingerprint density at radius 1 is 1.03 bits per heavy atom. The van der Waals surface area contributed by atoms with Crippen molar-refractivity contribution in [3.63, 3.8) is 0 Å². The number of carbonyl (C=O) groups excluding carboxylic acids is 1. The molecule has 4 aromatic rings. The van der Waals surface area contributed by atoms with E-state index in [4.69, 9.17) is 16.0 Å². The molecule has 1 amide bonds. The lowest BCUT2D eigenvalue weighted by molar-refractivity contribution is -0.134. The van der Waals surface area contributed by atoms with Crippen LogP contribution in [0.2, 0.25) is 5.02 Å². The predicted molar refractivity (Wildman–Crippen MR) is 114 cm³/mol. The molecule has 8 nitrogen and oxygen atoms in total. The SMILES string of the molecule is O=C(Cn1nnc(-c2ccccc2)n1)N1N=C(c2ccc(Cl)cc2)CC1c1ccco1. The molecule has 1 atom stereocenters. The largest absolute Gasteiger partial charge is 0.467 e. The number of amides is 1. The lowest BCUT2D eigenvalue weighted by Crippen LogP contribution is -2.31. The maximum absolute atomic E-state index is 13.1. The van der Waals surface area contributed by atoms with Crippen molar-refractivity contribution in [2.24, 2.45) is 5.10 Å². The van der Waals surface area contributed by atoms with E-state index >= 15 is 0 Å². The molecular formula is C22H17ClN6O2. The van der Waals surface area contributed by atoms with Crippen molar-refractivity contribution < 1.29 is 9.21 Å². The monoisotopic (exact) mass is 432 g/mol. The maximum atomic E-state index is 13.1.